The molecule has 1 aliphatic carbocycles. The van der Waals surface area contributed by atoms with Crippen LogP contribution in [0, 0.1) is 0 Å². The fraction of sp³-hybridized carbons (Fsp3) is 0.562. The summed E-state index contributed by atoms with van der Waals surface area (Å²) in [6, 6.07) is 3.19. The number of piperidine rings is 1. The number of aromatic amines is 1. The predicted molar refractivity (Wildman–Crippen MR) is 85.8 cm³/mol. The van der Waals surface area contributed by atoms with E-state index in [1.807, 2.05) is 0 Å². The number of H-pyrrole nitrogens is 1. The molecule has 1 amide bonds. The second-order valence-corrected chi connectivity index (χ2v) is 6.47. The highest BCUT2D eigenvalue weighted by atomic mass is 19.4. The highest BCUT2D eigenvalue weighted by molar-refractivity contribution is 5.94. The molecule has 3 rings (SSSR count). The fourth-order valence-corrected chi connectivity index (χ4v) is 3.12. The first-order chi connectivity index (χ1) is 12.1. The Labute approximate surface area is 147 Å². The standard InChI is InChI=1S/C14H19N3O2.C2HF3O2/c18-12-8-10(2-6-15-12)13(19)17-11-3-7-16-14(9-11)4-1-5-14;3-2(4,5)1(6)7/h2,6,8,11,16H,1,3-5,7,9H2,(H,15,18)(H,17,19);(H,6,7). The van der Waals surface area contributed by atoms with E-state index < -0.39 is 12.1 Å². The number of hydrogen-bond acceptors (Lipinski definition) is 4. The summed E-state index contributed by atoms with van der Waals surface area (Å²) >= 11 is 0. The zero-order valence-corrected chi connectivity index (χ0v) is 13.9. The lowest BCUT2D eigenvalue weighted by Gasteiger charge is -2.48. The van der Waals surface area contributed by atoms with Gasteiger partial charge in [0, 0.05) is 29.4 Å². The van der Waals surface area contributed by atoms with E-state index >= 15 is 0 Å². The van der Waals surface area contributed by atoms with Gasteiger partial charge in [-0.05, 0) is 44.7 Å². The van der Waals surface area contributed by atoms with Crippen LogP contribution in [0.15, 0.2) is 23.1 Å². The van der Waals surface area contributed by atoms with Crippen LogP contribution in [0.1, 0.15) is 42.5 Å². The molecule has 1 atom stereocenters. The number of halogens is 3. The molecule has 0 bridgehead atoms. The number of carbonyl (C=O) groups excluding carboxylic acids is 1. The zero-order chi connectivity index (χ0) is 19.4. The maximum Gasteiger partial charge on any atom is 0.490 e. The number of amides is 1. The van der Waals surface area contributed by atoms with Crippen LogP contribution < -0.4 is 16.2 Å². The van der Waals surface area contributed by atoms with Crippen LogP contribution in [-0.2, 0) is 4.79 Å². The van der Waals surface area contributed by atoms with Gasteiger partial charge in [0.15, 0.2) is 0 Å². The molecule has 1 aliphatic heterocycles. The second kappa shape index (κ2) is 7.90. The van der Waals surface area contributed by atoms with E-state index in [9.17, 15) is 22.8 Å². The molecule has 1 saturated heterocycles. The quantitative estimate of drug-likeness (QED) is 0.625. The molecule has 2 heterocycles. The van der Waals surface area contributed by atoms with Crippen molar-refractivity contribution in [3.8, 4) is 0 Å². The molecule has 7 nitrogen and oxygen atoms in total. The van der Waals surface area contributed by atoms with Crippen LogP contribution in [0.2, 0.25) is 0 Å². The summed E-state index contributed by atoms with van der Waals surface area (Å²) in [5.74, 6) is -2.90. The van der Waals surface area contributed by atoms with Gasteiger partial charge in [-0.2, -0.15) is 13.2 Å². The molecule has 26 heavy (non-hydrogen) atoms. The van der Waals surface area contributed by atoms with E-state index in [0.717, 1.165) is 19.4 Å². The van der Waals surface area contributed by atoms with Gasteiger partial charge in [0.25, 0.3) is 5.91 Å². The van der Waals surface area contributed by atoms with Gasteiger partial charge in [-0.3, -0.25) is 9.59 Å². The normalized spacial score (nSPS) is 21.1. The Balaban J connectivity index is 0.000000298. The Bertz CT molecular complexity index is 713. The van der Waals surface area contributed by atoms with Crippen molar-refractivity contribution in [2.24, 2.45) is 0 Å². The molecule has 10 heteroatoms. The van der Waals surface area contributed by atoms with Crippen molar-refractivity contribution in [2.75, 3.05) is 6.54 Å². The highest BCUT2D eigenvalue weighted by Gasteiger charge is 2.41. The van der Waals surface area contributed by atoms with E-state index in [1.165, 1.54) is 31.5 Å². The van der Waals surface area contributed by atoms with Gasteiger partial charge in [0.05, 0.1) is 0 Å². The van der Waals surface area contributed by atoms with Crippen molar-refractivity contribution in [1.29, 1.82) is 0 Å². The van der Waals surface area contributed by atoms with Gasteiger partial charge < -0.3 is 20.7 Å². The number of pyridine rings is 1. The Morgan fingerprint density at radius 2 is 1.96 bits per heavy atom. The SMILES string of the molecule is O=C(NC1CCNC2(CCC2)C1)c1cc[nH]c(=O)c1.O=C(O)C(F)(F)F. The smallest absolute Gasteiger partial charge is 0.475 e. The zero-order valence-electron chi connectivity index (χ0n) is 13.9. The van der Waals surface area contributed by atoms with Gasteiger partial charge in [0.2, 0.25) is 5.56 Å². The summed E-state index contributed by atoms with van der Waals surface area (Å²) < 4.78 is 31.7. The summed E-state index contributed by atoms with van der Waals surface area (Å²) in [5, 5.41) is 13.8. The third kappa shape index (κ3) is 5.32. The minimum absolute atomic E-state index is 0.146. The first-order valence-electron chi connectivity index (χ1n) is 8.16. The third-order valence-corrected chi connectivity index (χ3v) is 4.56. The second-order valence-electron chi connectivity index (χ2n) is 6.47. The minimum atomic E-state index is -5.08. The lowest BCUT2D eigenvalue weighted by atomic mass is 9.70. The van der Waals surface area contributed by atoms with Crippen molar-refractivity contribution < 1.29 is 27.9 Å². The number of rotatable bonds is 2. The van der Waals surface area contributed by atoms with E-state index in [-0.39, 0.29) is 23.0 Å². The molecule has 1 saturated carbocycles. The van der Waals surface area contributed by atoms with Crippen LogP contribution in [0.5, 0.6) is 0 Å². The van der Waals surface area contributed by atoms with Gasteiger partial charge in [0.1, 0.15) is 0 Å². The van der Waals surface area contributed by atoms with Crippen molar-refractivity contribution in [3.63, 3.8) is 0 Å². The number of carboxylic acid groups (broad SMARTS) is 1. The van der Waals surface area contributed by atoms with E-state index in [1.54, 1.807) is 6.07 Å². The number of hydrogen-bond donors (Lipinski definition) is 4. The van der Waals surface area contributed by atoms with Crippen LogP contribution in [0.25, 0.3) is 0 Å². The first kappa shape index (κ1) is 20.0. The highest BCUT2D eigenvalue weighted by Crippen LogP contribution is 2.38. The van der Waals surface area contributed by atoms with Gasteiger partial charge in [-0.15, -0.1) is 0 Å². The molecule has 144 valence electrons. The number of carbonyl (C=O) groups is 2. The molecule has 2 aliphatic rings. The Kier molecular flexibility index (Phi) is 6.06. The number of nitrogens with one attached hydrogen (secondary N) is 3. The minimum Gasteiger partial charge on any atom is -0.475 e. The molecular weight excluding hydrogens is 355 g/mol. The van der Waals surface area contributed by atoms with E-state index in [0.29, 0.717) is 5.56 Å². The number of aliphatic carboxylic acids is 1. The maximum absolute atomic E-state index is 12.1. The van der Waals surface area contributed by atoms with Gasteiger partial charge >= 0.3 is 12.1 Å². The average molecular weight is 375 g/mol. The Morgan fingerprint density at radius 1 is 1.31 bits per heavy atom. The molecule has 0 radical (unpaired) electrons. The molecule has 1 aromatic rings. The maximum atomic E-state index is 12.1. The average Bonchev–Trinajstić information content (AvgIpc) is 2.53. The van der Waals surface area contributed by atoms with E-state index in [2.05, 4.69) is 15.6 Å². The van der Waals surface area contributed by atoms with Crippen molar-refractivity contribution in [2.45, 2.75) is 49.9 Å². The topological polar surface area (TPSA) is 111 Å². The van der Waals surface area contributed by atoms with Crippen LogP contribution in [0.3, 0.4) is 0 Å². The van der Waals surface area contributed by atoms with Crippen molar-refractivity contribution in [1.82, 2.24) is 15.6 Å². The molecule has 1 spiro atoms. The number of alkyl halides is 3. The molecule has 2 fully saturated rings. The summed E-state index contributed by atoms with van der Waals surface area (Å²) in [5.41, 5.74) is 0.461. The fourth-order valence-electron chi connectivity index (χ4n) is 3.12. The summed E-state index contributed by atoms with van der Waals surface area (Å²) in [4.78, 5) is 34.7. The van der Waals surface area contributed by atoms with Gasteiger partial charge in [-0.25, -0.2) is 4.79 Å². The first-order valence-corrected chi connectivity index (χ1v) is 8.16. The molecular formula is C16H20F3N3O4. The third-order valence-electron chi connectivity index (χ3n) is 4.56. The summed E-state index contributed by atoms with van der Waals surface area (Å²) in [6.07, 6.45) is 2.09. The lowest BCUT2D eigenvalue weighted by molar-refractivity contribution is -0.192. The number of carboxylic acids is 1. The summed E-state index contributed by atoms with van der Waals surface area (Å²) in [6.45, 7) is 0.959. The largest absolute Gasteiger partial charge is 0.490 e. The van der Waals surface area contributed by atoms with Gasteiger partial charge in [-0.1, -0.05) is 0 Å². The van der Waals surface area contributed by atoms with E-state index in [4.69, 9.17) is 9.90 Å². The monoisotopic (exact) mass is 375 g/mol. The van der Waals surface area contributed by atoms with Crippen LogP contribution in [-0.4, -0.2) is 46.3 Å². The van der Waals surface area contributed by atoms with Crippen LogP contribution in [0.4, 0.5) is 13.2 Å². The molecule has 0 aromatic carbocycles. The Morgan fingerprint density at radius 3 is 2.46 bits per heavy atom. The Hall–Kier alpha value is -2.36. The predicted octanol–water partition coefficient (Wildman–Crippen LogP) is 1.41. The van der Waals surface area contributed by atoms with Crippen molar-refractivity contribution in [3.05, 3.63) is 34.2 Å². The number of aromatic nitrogens is 1. The lowest BCUT2D eigenvalue weighted by Crippen LogP contribution is -2.59. The molecule has 4 N–H and O–H groups in total. The summed E-state index contributed by atoms with van der Waals surface area (Å²) in [7, 11) is 0. The molecule has 1 aromatic heterocycles. The van der Waals surface area contributed by atoms with Crippen LogP contribution >= 0.6 is 0 Å². The molecule has 1 unspecified atom stereocenters. The van der Waals surface area contributed by atoms with Crippen molar-refractivity contribution >= 4 is 11.9 Å².